The van der Waals surface area contributed by atoms with E-state index in [1.165, 1.54) is 11.8 Å². The second-order valence-electron chi connectivity index (χ2n) is 6.75. The first kappa shape index (κ1) is 16.1. The van der Waals surface area contributed by atoms with E-state index in [0.29, 0.717) is 5.39 Å². The zero-order valence-electron chi connectivity index (χ0n) is 14.1. The lowest BCUT2D eigenvalue weighted by Gasteiger charge is -2.18. The SMILES string of the molecule is CC[N+]1=C(C)C(C)(C)c2c1ccc1c(S(=O)(=O)O)cc(C)cc21. The first-order valence-electron chi connectivity index (χ1n) is 7.76. The number of hydrogen-bond donors (Lipinski definition) is 1. The number of rotatable bonds is 2. The number of aryl methyl sites for hydroxylation is 1. The van der Waals surface area contributed by atoms with E-state index in [1.54, 1.807) is 6.07 Å². The molecule has 1 aliphatic rings. The van der Waals surface area contributed by atoms with Crippen LogP contribution < -0.4 is 0 Å². The van der Waals surface area contributed by atoms with E-state index in [1.807, 2.05) is 19.1 Å². The van der Waals surface area contributed by atoms with Gasteiger partial charge in [0.1, 0.15) is 11.4 Å². The Bertz CT molecular complexity index is 969. The third-order valence-corrected chi connectivity index (χ3v) is 5.93. The van der Waals surface area contributed by atoms with Crippen molar-refractivity contribution in [1.29, 1.82) is 0 Å². The Kier molecular flexibility index (Phi) is 3.43. The second kappa shape index (κ2) is 4.89. The van der Waals surface area contributed by atoms with Gasteiger partial charge in [-0.3, -0.25) is 4.55 Å². The van der Waals surface area contributed by atoms with Crippen molar-refractivity contribution < 1.29 is 17.5 Å². The van der Waals surface area contributed by atoms with Crippen LogP contribution in [-0.2, 0) is 15.5 Å². The molecule has 122 valence electrons. The maximum Gasteiger partial charge on any atom is 0.295 e. The van der Waals surface area contributed by atoms with Gasteiger partial charge in [-0.05, 0) is 50.8 Å². The van der Waals surface area contributed by atoms with Gasteiger partial charge in [0.05, 0.1) is 5.41 Å². The van der Waals surface area contributed by atoms with Crippen molar-refractivity contribution in [2.24, 2.45) is 0 Å². The monoisotopic (exact) mass is 332 g/mol. The smallest absolute Gasteiger partial charge is 0.282 e. The summed E-state index contributed by atoms with van der Waals surface area (Å²) in [6.45, 7) is 11.3. The van der Waals surface area contributed by atoms with Gasteiger partial charge in [-0.25, -0.2) is 0 Å². The highest BCUT2D eigenvalue weighted by atomic mass is 32.2. The summed E-state index contributed by atoms with van der Waals surface area (Å²) in [6.07, 6.45) is 0. The minimum absolute atomic E-state index is 0.0151. The zero-order chi connectivity index (χ0) is 17.2. The van der Waals surface area contributed by atoms with E-state index in [2.05, 4.69) is 32.3 Å². The molecule has 0 aromatic heterocycles. The molecule has 0 saturated carbocycles. The summed E-state index contributed by atoms with van der Waals surface area (Å²) in [5, 5.41) is 1.48. The number of hydrogen-bond acceptors (Lipinski definition) is 2. The lowest BCUT2D eigenvalue weighted by Crippen LogP contribution is -2.26. The highest BCUT2D eigenvalue weighted by Gasteiger charge is 2.44. The Morgan fingerprint density at radius 2 is 1.78 bits per heavy atom. The molecule has 4 nitrogen and oxygen atoms in total. The van der Waals surface area contributed by atoms with Gasteiger partial charge in [-0.2, -0.15) is 13.0 Å². The van der Waals surface area contributed by atoms with Gasteiger partial charge in [-0.15, -0.1) is 0 Å². The molecule has 1 heterocycles. The van der Waals surface area contributed by atoms with Crippen LogP contribution in [0.15, 0.2) is 29.2 Å². The average molecular weight is 332 g/mol. The third kappa shape index (κ3) is 2.22. The van der Waals surface area contributed by atoms with E-state index < -0.39 is 10.1 Å². The lowest BCUT2D eigenvalue weighted by atomic mass is 9.79. The molecule has 0 saturated heterocycles. The van der Waals surface area contributed by atoms with Gasteiger partial charge < -0.3 is 0 Å². The topological polar surface area (TPSA) is 57.4 Å². The van der Waals surface area contributed by atoms with Crippen molar-refractivity contribution >= 4 is 32.3 Å². The molecule has 0 atom stereocenters. The molecule has 0 bridgehead atoms. The molecule has 0 spiro atoms. The van der Waals surface area contributed by atoms with Crippen molar-refractivity contribution in [3.05, 3.63) is 35.4 Å². The van der Waals surface area contributed by atoms with Gasteiger partial charge >= 0.3 is 0 Å². The summed E-state index contributed by atoms with van der Waals surface area (Å²) >= 11 is 0. The van der Waals surface area contributed by atoms with Crippen LogP contribution in [0, 0.1) is 6.92 Å². The minimum Gasteiger partial charge on any atom is -0.282 e. The first-order valence-corrected chi connectivity index (χ1v) is 9.20. The molecule has 2 aromatic rings. The molecular formula is C18H22NO3S+. The first-order chi connectivity index (χ1) is 10.6. The highest BCUT2D eigenvalue weighted by molar-refractivity contribution is 7.86. The molecular weight excluding hydrogens is 310 g/mol. The van der Waals surface area contributed by atoms with E-state index in [9.17, 15) is 13.0 Å². The average Bonchev–Trinajstić information content (AvgIpc) is 2.64. The summed E-state index contributed by atoms with van der Waals surface area (Å²) in [5.41, 5.74) is 4.13. The quantitative estimate of drug-likeness (QED) is 0.672. The minimum atomic E-state index is -4.26. The lowest BCUT2D eigenvalue weighted by molar-refractivity contribution is -0.434. The normalized spacial score (nSPS) is 17.0. The predicted octanol–water partition coefficient (Wildman–Crippen LogP) is 3.81. The molecule has 0 fully saturated rings. The molecule has 23 heavy (non-hydrogen) atoms. The fraction of sp³-hybridized carbons (Fsp3) is 0.389. The Balaban J connectivity index is 2.51. The molecule has 0 amide bonds. The van der Waals surface area contributed by atoms with Gasteiger partial charge in [-0.1, -0.05) is 6.07 Å². The number of fused-ring (bicyclic) bond motifs is 3. The fourth-order valence-corrected chi connectivity index (χ4v) is 4.52. The molecule has 0 radical (unpaired) electrons. The van der Waals surface area contributed by atoms with Crippen LogP contribution in [0.25, 0.3) is 10.8 Å². The Morgan fingerprint density at radius 1 is 1.13 bits per heavy atom. The molecule has 1 N–H and O–H groups in total. The predicted molar refractivity (Wildman–Crippen MR) is 92.7 cm³/mol. The van der Waals surface area contributed by atoms with Crippen molar-refractivity contribution in [3.63, 3.8) is 0 Å². The van der Waals surface area contributed by atoms with E-state index in [0.717, 1.165) is 28.7 Å². The van der Waals surface area contributed by atoms with Crippen LogP contribution in [0.2, 0.25) is 0 Å². The number of nitrogens with zero attached hydrogens (tertiary/aromatic N) is 1. The van der Waals surface area contributed by atoms with Crippen molar-refractivity contribution in [1.82, 2.24) is 0 Å². The van der Waals surface area contributed by atoms with E-state index >= 15 is 0 Å². The third-order valence-electron chi connectivity index (χ3n) is 5.04. The van der Waals surface area contributed by atoms with E-state index in [4.69, 9.17) is 0 Å². The van der Waals surface area contributed by atoms with Gasteiger partial charge in [0.25, 0.3) is 10.1 Å². The molecule has 0 unspecified atom stereocenters. The summed E-state index contributed by atoms with van der Waals surface area (Å²) < 4.78 is 35.4. The van der Waals surface area contributed by atoms with E-state index in [-0.39, 0.29) is 10.3 Å². The molecule has 0 aliphatic carbocycles. The molecule has 3 rings (SSSR count). The zero-order valence-corrected chi connectivity index (χ0v) is 15.0. The van der Waals surface area contributed by atoms with Crippen LogP contribution in [-0.4, -0.2) is 29.8 Å². The molecule has 5 heteroatoms. The summed E-state index contributed by atoms with van der Waals surface area (Å²) in [5.74, 6) is 0. The second-order valence-corrected chi connectivity index (χ2v) is 8.14. The summed E-state index contributed by atoms with van der Waals surface area (Å²) in [7, 11) is -4.26. The number of benzene rings is 2. The van der Waals surface area contributed by atoms with Crippen molar-refractivity contribution in [2.75, 3.05) is 6.54 Å². The standard InChI is InChI=1S/C18H21NO3S/c1-6-19-12(3)18(4,5)17-14-9-11(2)10-16(23(20,21)22)13(14)7-8-15(17)19/h7-10H,6H2,1-5H3/p+1. The molecule has 1 aliphatic heterocycles. The highest BCUT2D eigenvalue weighted by Crippen LogP contribution is 2.45. The van der Waals surface area contributed by atoms with Gasteiger partial charge in [0.2, 0.25) is 5.69 Å². The van der Waals surface area contributed by atoms with Gasteiger partial charge in [0.15, 0.2) is 5.71 Å². The van der Waals surface area contributed by atoms with Crippen LogP contribution >= 0.6 is 0 Å². The van der Waals surface area contributed by atoms with Crippen LogP contribution in [0.1, 0.15) is 38.8 Å². The van der Waals surface area contributed by atoms with Gasteiger partial charge in [0, 0.05) is 23.9 Å². The van der Waals surface area contributed by atoms with Crippen molar-refractivity contribution in [2.45, 2.75) is 44.9 Å². The maximum absolute atomic E-state index is 11.8. The largest absolute Gasteiger partial charge is 0.295 e. The Morgan fingerprint density at radius 3 is 2.35 bits per heavy atom. The fourth-order valence-electron chi connectivity index (χ4n) is 3.73. The summed E-state index contributed by atoms with van der Waals surface area (Å²) in [4.78, 5) is -0.0151. The van der Waals surface area contributed by atoms with Crippen molar-refractivity contribution in [3.8, 4) is 0 Å². The van der Waals surface area contributed by atoms with Crippen LogP contribution in [0.4, 0.5) is 5.69 Å². The van der Waals surface area contributed by atoms with Crippen LogP contribution in [0.3, 0.4) is 0 Å². The maximum atomic E-state index is 11.8. The summed E-state index contributed by atoms with van der Waals surface area (Å²) in [6, 6.07) is 7.30. The Hall–Kier alpha value is -1.72. The van der Waals surface area contributed by atoms with Crippen LogP contribution in [0.5, 0.6) is 0 Å². The Labute approximate surface area is 137 Å². The molecule has 2 aromatic carbocycles.